The van der Waals surface area contributed by atoms with Crippen LogP contribution in [0.5, 0.6) is 11.5 Å². The number of hydrogen-bond acceptors (Lipinski definition) is 8. The van der Waals surface area contributed by atoms with Crippen LogP contribution in [0, 0.1) is 0 Å². The molecular formula is C19H18N4O5S. The van der Waals surface area contributed by atoms with Crippen LogP contribution < -0.4 is 20.3 Å². The van der Waals surface area contributed by atoms with Crippen molar-refractivity contribution in [2.24, 2.45) is 0 Å². The van der Waals surface area contributed by atoms with Crippen LogP contribution in [0.25, 0.3) is 11.5 Å². The molecule has 0 saturated heterocycles. The number of benzene rings is 2. The van der Waals surface area contributed by atoms with Gasteiger partial charge in [-0.1, -0.05) is 30.0 Å². The van der Waals surface area contributed by atoms with Crippen molar-refractivity contribution in [1.82, 2.24) is 21.0 Å². The lowest BCUT2D eigenvalue weighted by atomic mass is 10.2. The van der Waals surface area contributed by atoms with Crippen molar-refractivity contribution < 1.29 is 23.5 Å². The van der Waals surface area contributed by atoms with Crippen molar-refractivity contribution in [3.63, 3.8) is 0 Å². The van der Waals surface area contributed by atoms with Gasteiger partial charge in [-0.3, -0.25) is 20.4 Å². The number of rotatable bonds is 7. The Labute approximate surface area is 170 Å². The van der Waals surface area contributed by atoms with E-state index in [1.807, 2.05) is 0 Å². The number of carbonyl (C=O) groups excluding carboxylic acids is 2. The SMILES string of the molecule is COc1cc(OC)cc(-c2nnc(SCC(=O)NNC(=O)c3ccccc3)o2)c1. The first-order valence-electron chi connectivity index (χ1n) is 8.43. The number of ether oxygens (including phenoxy) is 2. The van der Waals surface area contributed by atoms with Crippen LogP contribution in [0.1, 0.15) is 10.4 Å². The summed E-state index contributed by atoms with van der Waals surface area (Å²) in [6.45, 7) is 0. The Morgan fingerprint density at radius 1 is 1.00 bits per heavy atom. The summed E-state index contributed by atoms with van der Waals surface area (Å²) in [5.41, 5.74) is 5.75. The van der Waals surface area contributed by atoms with Crippen molar-refractivity contribution in [2.75, 3.05) is 20.0 Å². The monoisotopic (exact) mass is 414 g/mol. The lowest BCUT2D eigenvalue weighted by Gasteiger charge is -2.06. The molecule has 150 valence electrons. The Hall–Kier alpha value is -3.53. The fourth-order valence-electron chi connectivity index (χ4n) is 2.27. The smallest absolute Gasteiger partial charge is 0.277 e. The minimum absolute atomic E-state index is 0.0157. The van der Waals surface area contributed by atoms with E-state index in [0.717, 1.165) is 11.8 Å². The number of hydrogen-bond donors (Lipinski definition) is 2. The van der Waals surface area contributed by atoms with Gasteiger partial charge in [0, 0.05) is 17.2 Å². The third kappa shape index (κ3) is 5.48. The molecule has 10 heteroatoms. The van der Waals surface area contributed by atoms with Gasteiger partial charge in [-0.2, -0.15) is 0 Å². The van der Waals surface area contributed by atoms with E-state index < -0.39 is 11.8 Å². The van der Waals surface area contributed by atoms with E-state index in [9.17, 15) is 9.59 Å². The first-order valence-corrected chi connectivity index (χ1v) is 9.41. The molecule has 0 radical (unpaired) electrons. The van der Waals surface area contributed by atoms with E-state index in [2.05, 4.69) is 21.0 Å². The summed E-state index contributed by atoms with van der Waals surface area (Å²) in [5.74, 6) is 0.596. The molecule has 0 aliphatic carbocycles. The molecule has 29 heavy (non-hydrogen) atoms. The molecule has 1 aromatic heterocycles. The Balaban J connectivity index is 1.54. The van der Waals surface area contributed by atoms with E-state index >= 15 is 0 Å². The van der Waals surface area contributed by atoms with E-state index in [1.165, 1.54) is 0 Å². The third-order valence-corrected chi connectivity index (χ3v) is 4.50. The Morgan fingerprint density at radius 3 is 2.34 bits per heavy atom. The molecule has 0 atom stereocenters. The van der Waals surface area contributed by atoms with Crippen molar-refractivity contribution in [3.8, 4) is 23.0 Å². The average Bonchev–Trinajstić information content (AvgIpc) is 3.25. The normalized spacial score (nSPS) is 10.3. The molecule has 2 N–H and O–H groups in total. The van der Waals surface area contributed by atoms with Gasteiger partial charge in [-0.15, -0.1) is 10.2 Å². The number of thioether (sulfide) groups is 1. The minimum atomic E-state index is -0.415. The molecule has 2 aromatic carbocycles. The molecule has 0 aliphatic heterocycles. The van der Waals surface area contributed by atoms with Crippen LogP contribution in [0.15, 0.2) is 58.2 Å². The van der Waals surface area contributed by atoms with E-state index in [0.29, 0.717) is 22.6 Å². The highest BCUT2D eigenvalue weighted by Crippen LogP contribution is 2.30. The van der Waals surface area contributed by atoms with E-state index in [1.54, 1.807) is 62.8 Å². The fraction of sp³-hybridized carbons (Fsp3) is 0.158. The number of hydrazine groups is 1. The van der Waals surface area contributed by atoms with Crippen LogP contribution in [0.2, 0.25) is 0 Å². The highest BCUT2D eigenvalue weighted by molar-refractivity contribution is 7.99. The molecule has 3 rings (SSSR count). The standard InChI is InChI=1S/C19H18N4O5S/c1-26-14-8-13(9-15(10-14)27-2)18-22-23-19(28-18)29-11-16(24)20-21-17(25)12-6-4-3-5-7-12/h3-10H,11H2,1-2H3,(H,20,24)(H,21,25). The van der Waals surface area contributed by atoms with Gasteiger partial charge in [0.15, 0.2) is 0 Å². The molecule has 0 saturated carbocycles. The zero-order chi connectivity index (χ0) is 20.6. The molecule has 0 unspecified atom stereocenters. The van der Waals surface area contributed by atoms with Crippen LogP contribution in [0.4, 0.5) is 0 Å². The van der Waals surface area contributed by atoms with Gasteiger partial charge in [0.1, 0.15) is 11.5 Å². The van der Waals surface area contributed by atoms with Crippen molar-refractivity contribution >= 4 is 23.6 Å². The lowest BCUT2D eigenvalue weighted by molar-refractivity contribution is -0.119. The number of aromatic nitrogens is 2. The van der Waals surface area contributed by atoms with Crippen LogP contribution in [0.3, 0.4) is 0 Å². The maximum atomic E-state index is 11.9. The second-order valence-electron chi connectivity index (χ2n) is 5.63. The average molecular weight is 414 g/mol. The molecule has 2 amide bonds. The van der Waals surface area contributed by atoms with Crippen LogP contribution >= 0.6 is 11.8 Å². The molecular weight excluding hydrogens is 396 g/mol. The van der Waals surface area contributed by atoms with Gasteiger partial charge < -0.3 is 13.9 Å². The first-order chi connectivity index (χ1) is 14.1. The summed E-state index contributed by atoms with van der Waals surface area (Å²) < 4.78 is 16.0. The fourth-order valence-corrected chi connectivity index (χ4v) is 2.83. The number of amides is 2. The zero-order valence-corrected chi connectivity index (χ0v) is 16.5. The van der Waals surface area contributed by atoms with Crippen molar-refractivity contribution in [2.45, 2.75) is 5.22 Å². The van der Waals surface area contributed by atoms with Gasteiger partial charge in [-0.05, 0) is 24.3 Å². The first kappa shape index (κ1) is 20.2. The third-order valence-electron chi connectivity index (χ3n) is 3.68. The Morgan fingerprint density at radius 2 is 1.69 bits per heavy atom. The predicted molar refractivity (Wildman–Crippen MR) is 106 cm³/mol. The minimum Gasteiger partial charge on any atom is -0.497 e. The van der Waals surface area contributed by atoms with Gasteiger partial charge in [0.25, 0.3) is 11.1 Å². The van der Waals surface area contributed by atoms with E-state index in [4.69, 9.17) is 13.9 Å². The molecule has 0 fully saturated rings. The summed E-state index contributed by atoms with van der Waals surface area (Å²) in [7, 11) is 3.09. The van der Waals surface area contributed by atoms with Gasteiger partial charge in [0.2, 0.25) is 11.8 Å². The summed E-state index contributed by atoms with van der Waals surface area (Å²) in [4.78, 5) is 23.8. The summed E-state index contributed by atoms with van der Waals surface area (Å²) in [6, 6.07) is 13.7. The lowest BCUT2D eigenvalue weighted by Crippen LogP contribution is -2.42. The Kier molecular flexibility index (Phi) is 6.69. The second-order valence-corrected chi connectivity index (χ2v) is 6.56. The zero-order valence-electron chi connectivity index (χ0n) is 15.7. The van der Waals surface area contributed by atoms with Crippen LogP contribution in [-0.2, 0) is 4.79 Å². The number of carbonyl (C=O) groups is 2. The molecule has 9 nitrogen and oxygen atoms in total. The predicted octanol–water partition coefficient (Wildman–Crippen LogP) is 2.31. The number of methoxy groups -OCH3 is 2. The Bertz CT molecular complexity index is 971. The van der Waals surface area contributed by atoms with Gasteiger partial charge in [0.05, 0.1) is 20.0 Å². The van der Waals surface area contributed by atoms with Crippen molar-refractivity contribution in [1.29, 1.82) is 0 Å². The second kappa shape index (κ2) is 9.60. The summed E-state index contributed by atoms with van der Waals surface area (Å²) >= 11 is 1.05. The highest BCUT2D eigenvalue weighted by Gasteiger charge is 2.14. The summed E-state index contributed by atoms with van der Waals surface area (Å²) in [6.07, 6.45) is 0. The topological polar surface area (TPSA) is 116 Å². The number of nitrogens with zero attached hydrogens (tertiary/aromatic N) is 2. The largest absolute Gasteiger partial charge is 0.497 e. The molecule has 3 aromatic rings. The van der Waals surface area contributed by atoms with Crippen molar-refractivity contribution in [3.05, 3.63) is 54.1 Å². The maximum absolute atomic E-state index is 11.9. The molecule has 0 spiro atoms. The quantitative estimate of drug-likeness (QED) is 0.447. The highest BCUT2D eigenvalue weighted by atomic mass is 32.2. The maximum Gasteiger partial charge on any atom is 0.277 e. The summed E-state index contributed by atoms with van der Waals surface area (Å²) in [5, 5.41) is 8.11. The van der Waals surface area contributed by atoms with Gasteiger partial charge in [-0.25, -0.2) is 0 Å². The molecule has 0 bridgehead atoms. The molecule has 1 heterocycles. The molecule has 0 aliphatic rings. The van der Waals surface area contributed by atoms with Gasteiger partial charge >= 0.3 is 0 Å². The number of nitrogens with one attached hydrogen (secondary N) is 2. The van der Waals surface area contributed by atoms with E-state index in [-0.39, 0.29) is 16.9 Å². The van der Waals surface area contributed by atoms with Crippen LogP contribution in [-0.4, -0.2) is 42.0 Å².